The highest BCUT2D eigenvalue weighted by Gasteiger charge is 2.31. The Morgan fingerprint density at radius 2 is 1.84 bits per heavy atom. The number of aromatic nitrogens is 2. The van der Waals surface area contributed by atoms with Crippen LogP contribution in [-0.2, 0) is 11.3 Å². The van der Waals surface area contributed by atoms with Gasteiger partial charge in [0.05, 0.1) is 17.6 Å². The minimum absolute atomic E-state index is 0.00791. The van der Waals surface area contributed by atoms with Crippen molar-refractivity contribution in [2.45, 2.75) is 19.0 Å². The zero-order valence-electron chi connectivity index (χ0n) is 16.1. The standard InChI is InChI=1S/C21H18F3N3O4/c1-2-17(30)27-10-13-9-15(12-3-5-14(6-4-12)31-21(22,23)24)19-20(26-8-7-25-19)18(13)16(29)11-28/h2-9,16,28-29H,1,10-11H2,(H,27,30)/t16-/m1/s1. The number of aliphatic hydroxyl groups is 2. The Kier molecular flexibility index (Phi) is 6.52. The quantitative estimate of drug-likeness (QED) is 0.495. The number of nitrogens with zero attached hydrogens (tertiary/aromatic N) is 2. The Morgan fingerprint density at radius 3 is 2.42 bits per heavy atom. The number of aliphatic hydroxyl groups excluding tert-OH is 2. The number of nitrogens with one attached hydrogen (secondary N) is 1. The van der Waals surface area contributed by atoms with Gasteiger partial charge in [-0.1, -0.05) is 18.7 Å². The molecule has 10 heteroatoms. The van der Waals surface area contributed by atoms with Crippen molar-refractivity contribution in [2.24, 2.45) is 0 Å². The van der Waals surface area contributed by atoms with Crippen LogP contribution in [0.4, 0.5) is 13.2 Å². The summed E-state index contributed by atoms with van der Waals surface area (Å²) in [5, 5.41) is 22.5. The number of alkyl halides is 3. The molecule has 0 saturated carbocycles. The third kappa shape index (κ3) is 5.16. The Morgan fingerprint density at radius 1 is 1.19 bits per heavy atom. The van der Waals surface area contributed by atoms with Gasteiger partial charge in [0, 0.05) is 30.1 Å². The molecule has 0 aliphatic heterocycles. The number of amides is 1. The minimum Gasteiger partial charge on any atom is -0.406 e. The third-order valence-corrected chi connectivity index (χ3v) is 4.42. The van der Waals surface area contributed by atoms with Crippen molar-refractivity contribution in [3.05, 3.63) is 66.5 Å². The monoisotopic (exact) mass is 433 g/mol. The number of carbonyl (C=O) groups is 1. The van der Waals surface area contributed by atoms with Crippen molar-refractivity contribution >= 4 is 16.9 Å². The van der Waals surface area contributed by atoms with Gasteiger partial charge in [0.25, 0.3) is 0 Å². The van der Waals surface area contributed by atoms with Crippen LogP contribution >= 0.6 is 0 Å². The van der Waals surface area contributed by atoms with E-state index < -0.39 is 25.0 Å². The zero-order chi connectivity index (χ0) is 22.6. The molecule has 31 heavy (non-hydrogen) atoms. The van der Waals surface area contributed by atoms with E-state index in [-0.39, 0.29) is 17.9 Å². The van der Waals surface area contributed by atoms with Crippen molar-refractivity contribution in [3.63, 3.8) is 0 Å². The first-order valence-corrected chi connectivity index (χ1v) is 9.05. The maximum Gasteiger partial charge on any atom is 0.573 e. The molecule has 7 nitrogen and oxygen atoms in total. The van der Waals surface area contributed by atoms with E-state index in [1.54, 1.807) is 6.07 Å². The van der Waals surface area contributed by atoms with Gasteiger partial charge in [-0.3, -0.25) is 14.8 Å². The molecule has 162 valence electrons. The molecule has 0 saturated heterocycles. The summed E-state index contributed by atoms with van der Waals surface area (Å²) >= 11 is 0. The van der Waals surface area contributed by atoms with Crippen molar-refractivity contribution in [3.8, 4) is 16.9 Å². The Hall–Kier alpha value is -3.50. The van der Waals surface area contributed by atoms with E-state index in [1.165, 1.54) is 36.7 Å². The van der Waals surface area contributed by atoms with E-state index in [1.807, 2.05) is 0 Å². The van der Waals surface area contributed by atoms with Gasteiger partial charge >= 0.3 is 6.36 Å². The summed E-state index contributed by atoms with van der Waals surface area (Å²) in [4.78, 5) is 20.2. The molecular formula is C21H18F3N3O4. The van der Waals surface area contributed by atoms with Crippen LogP contribution in [0.3, 0.4) is 0 Å². The fourth-order valence-corrected chi connectivity index (χ4v) is 3.12. The van der Waals surface area contributed by atoms with Crippen LogP contribution in [0.2, 0.25) is 0 Å². The lowest BCUT2D eigenvalue weighted by Gasteiger charge is -2.19. The lowest BCUT2D eigenvalue weighted by atomic mass is 9.93. The highest BCUT2D eigenvalue weighted by atomic mass is 19.4. The van der Waals surface area contributed by atoms with E-state index in [0.29, 0.717) is 27.7 Å². The molecule has 0 unspecified atom stereocenters. The Bertz CT molecular complexity index is 1100. The zero-order valence-corrected chi connectivity index (χ0v) is 16.1. The van der Waals surface area contributed by atoms with Crippen LogP contribution in [0.25, 0.3) is 22.2 Å². The highest BCUT2D eigenvalue weighted by molar-refractivity contribution is 5.95. The SMILES string of the molecule is C=CC(=O)NCc1cc(-c2ccc(OC(F)(F)F)cc2)c2nccnc2c1[C@H](O)CO. The number of halogens is 3. The molecule has 1 amide bonds. The largest absolute Gasteiger partial charge is 0.573 e. The molecule has 3 N–H and O–H groups in total. The second-order valence-corrected chi connectivity index (χ2v) is 6.44. The molecule has 3 rings (SSSR count). The molecular weight excluding hydrogens is 415 g/mol. The van der Waals surface area contributed by atoms with Gasteiger partial charge in [0.1, 0.15) is 11.9 Å². The molecule has 0 spiro atoms. The normalized spacial score (nSPS) is 12.4. The summed E-state index contributed by atoms with van der Waals surface area (Å²) in [5.41, 5.74) is 2.43. The molecule has 1 atom stereocenters. The lowest BCUT2D eigenvalue weighted by Crippen LogP contribution is -2.22. The predicted octanol–water partition coefficient (Wildman–Crippen LogP) is 3.02. The summed E-state index contributed by atoms with van der Waals surface area (Å²) in [5.74, 6) is -0.823. The first-order valence-electron chi connectivity index (χ1n) is 9.05. The number of hydrogen-bond acceptors (Lipinski definition) is 6. The second-order valence-electron chi connectivity index (χ2n) is 6.44. The number of fused-ring (bicyclic) bond motifs is 1. The van der Waals surface area contributed by atoms with Gasteiger partial charge in [-0.25, -0.2) is 0 Å². The molecule has 1 heterocycles. The molecule has 3 aromatic rings. The third-order valence-electron chi connectivity index (χ3n) is 4.42. The lowest BCUT2D eigenvalue weighted by molar-refractivity contribution is -0.274. The van der Waals surface area contributed by atoms with Crippen LogP contribution in [0.15, 0.2) is 55.4 Å². The van der Waals surface area contributed by atoms with Crippen molar-refractivity contribution in [1.82, 2.24) is 15.3 Å². The molecule has 2 aromatic carbocycles. The van der Waals surface area contributed by atoms with Gasteiger partial charge in [-0.05, 0) is 35.4 Å². The Labute approximate surface area is 174 Å². The fourth-order valence-electron chi connectivity index (χ4n) is 3.12. The number of hydrogen-bond donors (Lipinski definition) is 3. The van der Waals surface area contributed by atoms with E-state index in [2.05, 4.69) is 26.6 Å². The Balaban J connectivity index is 2.15. The smallest absolute Gasteiger partial charge is 0.406 e. The van der Waals surface area contributed by atoms with E-state index >= 15 is 0 Å². The van der Waals surface area contributed by atoms with Gasteiger partial charge < -0.3 is 20.3 Å². The van der Waals surface area contributed by atoms with Crippen molar-refractivity contribution in [2.75, 3.05) is 6.61 Å². The molecule has 1 aromatic heterocycles. The topological polar surface area (TPSA) is 105 Å². The molecule has 0 fully saturated rings. The van der Waals surface area contributed by atoms with E-state index in [4.69, 9.17) is 0 Å². The van der Waals surface area contributed by atoms with Crippen LogP contribution in [0.1, 0.15) is 17.2 Å². The van der Waals surface area contributed by atoms with Gasteiger partial charge in [0.2, 0.25) is 5.91 Å². The second kappa shape index (κ2) is 9.11. The first-order chi connectivity index (χ1) is 14.7. The molecule has 0 radical (unpaired) electrons. The van der Waals surface area contributed by atoms with Crippen LogP contribution in [-0.4, -0.2) is 39.1 Å². The maximum absolute atomic E-state index is 12.4. The summed E-state index contributed by atoms with van der Waals surface area (Å²) in [6, 6.07) is 6.83. The first kappa shape index (κ1) is 22.2. The summed E-state index contributed by atoms with van der Waals surface area (Å²) < 4.78 is 41.2. The maximum atomic E-state index is 12.4. The van der Waals surface area contributed by atoms with Crippen molar-refractivity contribution < 1.29 is 32.9 Å². The summed E-state index contributed by atoms with van der Waals surface area (Å²) in [6.45, 7) is 2.79. The van der Waals surface area contributed by atoms with Gasteiger partial charge in [0.15, 0.2) is 0 Å². The van der Waals surface area contributed by atoms with Crippen LogP contribution in [0, 0.1) is 0 Å². The average Bonchev–Trinajstić information content (AvgIpc) is 2.75. The minimum atomic E-state index is -4.81. The summed E-state index contributed by atoms with van der Waals surface area (Å²) in [6.07, 6.45) is -2.17. The number of benzene rings is 2. The van der Waals surface area contributed by atoms with Gasteiger partial charge in [-0.2, -0.15) is 0 Å². The number of ether oxygens (including phenoxy) is 1. The van der Waals surface area contributed by atoms with Crippen LogP contribution in [0.5, 0.6) is 5.75 Å². The fraction of sp³-hybridized carbons (Fsp3) is 0.190. The number of carbonyl (C=O) groups excluding carboxylic acids is 1. The molecule has 0 bridgehead atoms. The van der Waals surface area contributed by atoms with Crippen molar-refractivity contribution in [1.29, 1.82) is 0 Å². The van der Waals surface area contributed by atoms with E-state index in [0.717, 1.165) is 6.08 Å². The van der Waals surface area contributed by atoms with Crippen LogP contribution < -0.4 is 10.1 Å². The summed E-state index contributed by atoms with van der Waals surface area (Å²) in [7, 11) is 0. The predicted molar refractivity (Wildman–Crippen MR) is 106 cm³/mol. The van der Waals surface area contributed by atoms with E-state index in [9.17, 15) is 28.2 Å². The molecule has 0 aliphatic rings. The molecule has 0 aliphatic carbocycles. The average molecular weight is 433 g/mol. The number of rotatable bonds is 7. The highest BCUT2D eigenvalue weighted by Crippen LogP contribution is 2.35. The van der Waals surface area contributed by atoms with Gasteiger partial charge in [-0.15, -0.1) is 13.2 Å².